The molecule has 0 aromatic rings. The van der Waals surface area contributed by atoms with Crippen LogP contribution in [-0.4, -0.2) is 240 Å². The lowest BCUT2D eigenvalue weighted by Crippen LogP contribution is -2.48. The zero-order valence-corrected chi connectivity index (χ0v) is 24.1. The number of carboxylic acid groups (broad SMARTS) is 1. The molecule has 0 spiro atoms. The van der Waals surface area contributed by atoms with E-state index >= 15 is 0 Å². The lowest BCUT2D eigenvalue weighted by Gasteiger charge is -2.22. The van der Waals surface area contributed by atoms with Crippen LogP contribution in [0.2, 0.25) is 0 Å². The van der Waals surface area contributed by atoms with E-state index in [1.807, 2.05) is 0 Å². The van der Waals surface area contributed by atoms with Gasteiger partial charge in [-0.3, -0.25) is 0 Å². The average Bonchev–Trinajstić information content (AvgIpc) is 3.09. The Bertz CT molecular complexity index is 801. The molecule has 0 aliphatic carbocycles. The molecule has 15 unspecified atom stereocenters. The standard InChI is InChI=1S/C6H10O7.2C6H12O6.C5H10O5/c7-1-2(8)3(9)4(10)5(11)6(12)13;2*7-1-3(9)5(11)6(12)4(10)2-8;6-1-3(8)5(10)4(9)2-7/h1-5,8-11H,(H,12,13);2*1,3-6,8-12H,2H2;1,3-5,7-10H,2H2. The SMILES string of the molecule is O=CC(O)C(O)C(O)C(O)C(=O)O.O=CC(O)C(O)C(O)C(O)CO.O=CC(O)C(O)C(O)C(O)CO.O=CC(O)C(O)C(O)CO. The highest BCUT2D eigenvalue weighted by molar-refractivity contribution is 5.73. The molecule has 0 saturated heterocycles. The van der Waals surface area contributed by atoms with Crippen molar-refractivity contribution >= 4 is 31.1 Å². The Labute approximate surface area is 264 Å². The van der Waals surface area contributed by atoms with Gasteiger partial charge in [0.15, 0.2) is 31.2 Å². The van der Waals surface area contributed by atoms with Gasteiger partial charge in [-0.1, -0.05) is 0 Å². The maximum absolute atomic E-state index is 10.1. The summed E-state index contributed by atoms with van der Waals surface area (Å²) in [7, 11) is 0. The molecule has 0 heterocycles. The fourth-order valence-corrected chi connectivity index (χ4v) is 2.27. The average molecular weight is 705 g/mol. The number of aliphatic hydroxyl groups excluding tert-OH is 18. The maximum atomic E-state index is 10.1. The number of aliphatic hydroxyl groups is 18. The van der Waals surface area contributed by atoms with Gasteiger partial charge in [-0.25, -0.2) is 4.79 Å². The minimum Gasteiger partial charge on any atom is -0.479 e. The molecule has 0 aromatic carbocycles. The number of aldehydes is 4. The fourth-order valence-electron chi connectivity index (χ4n) is 2.27. The van der Waals surface area contributed by atoms with E-state index in [2.05, 4.69) is 0 Å². The Balaban J connectivity index is -0.000000263. The van der Waals surface area contributed by atoms with Gasteiger partial charge < -0.3 is 116 Å². The van der Waals surface area contributed by atoms with E-state index in [1.165, 1.54) is 0 Å². The van der Waals surface area contributed by atoms with Crippen molar-refractivity contribution in [1.29, 1.82) is 0 Å². The molecule has 0 fully saturated rings. The van der Waals surface area contributed by atoms with Crippen LogP contribution < -0.4 is 0 Å². The molecule has 0 saturated carbocycles. The summed E-state index contributed by atoms with van der Waals surface area (Å²) in [6.45, 7) is -2.21. The van der Waals surface area contributed by atoms with Crippen molar-refractivity contribution < 1.29 is 121 Å². The third kappa shape index (κ3) is 21.1. The van der Waals surface area contributed by atoms with E-state index in [-0.39, 0.29) is 25.1 Å². The van der Waals surface area contributed by atoms with E-state index in [9.17, 15) is 24.0 Å². The molecule has 24 heteroatoms. The number of hydrogen-bond acceptors (Lipinski definition) is 23. The third-order valence-corrected chi connectivity index (χ3v) is 5.33. The lowest BCUT2D eigenvalue weighted by atomic mass is 10.0. The van der Waals surface area contributed by atoms with Crippen LogP contribution in [0.3, 0.4) is 0 Å². The molecule has 0 aliphatic rings. The van der Waals surface area contributed by atoms with Crippen molar-refractivity contribution in [2.24, 2.45) is 0 Å². The summed E-state index contributed by atoms with van der Waals surface area (Å²) in [6.07, 6.45) is -26.7. The van der Waals surface area contributed by atoms with Gasteiger partial charge in [0.2, 0.25) is 0 Å². The number of carbonyl (C=O) groups excluding carboxylic acids is 4. The maximum Gasteiger partial charge on any atom is 0.335 e. The van der Waals surface area contributed by atoms with Crippen LogP contribution in [0.5, 0.6) is 0 Å². The molecule has 15 atom stereocenters. The number of rotatable bonds is 19. The van der Waals surface area contributed by atoms with Crippen LogP contribution in [0.25, 0.3) is 0 Å². The van der Waals surface area contributed by atoms with E-state index < -0.39 is 117 Å². The minimum absolute atomic E-state index is 0.0258. The first-order valence-corrected chi connectivity index (χ1v) is 12.7. The molecular formula is C23H44O24. The smallest absolute Gasteiger partial charge is 0.335 e. The number of carboxylic acids is 1. The highest BCUT2D eigenvalue weighted by Gasteiger charge is 2.34. The summed E-state index contributed by atoms with van der Waals surface area (Å²) in [5.41, 5.74) is 0. The first-order valence-electron chi connectivity index (χ1n) is 12.7. The van der Waals surface area contributed by atoms with E-state index in [4.69, 9.17) is 97.0 Å². The predicted octanol–water partition coefficient (Wildman–Crippen LogP) is -12.8. The number of carbonyl (C=O) groups is 5. The topological polar surface area (TPSA) is 470 Å². The molecule has 47 heavy (non-hydrogen) atoms. The molecule has 0 aromatic heterocycles. The van der Waals surface area contributed by atoms with Gasteiger partial charge in [0, 0.05) is 0 Å². The quantitative estimate of drug-likeness (QED) is 0.0555. The Kier molecular flexibility index (Phi) is 31.0. The van der Waals surface area contributed by atoms with Crippen molar-refractivity contribution in [3.8, 4) is 0 Å². The molecule has 0 amide bonds. The second kappa shape index (κ2) is 28.4. The second-order valence-electron chi connectivity index (χ2n) is 8.97. The van der Waals surface area contributed by atoms with Gasteiger partial charge in [0.25, 0.3) is 0 Å². The van der Waals surface area contributed by atoms with Gasteiger partial charge in [0.05, 0.1) is 19.8 Å². The molecule has 0 rings (SSSR count). The first kappa shape index (κ1) is 51.3. The van der Waals surface area contributed by atoms with Crippen LogP contribution in [0.1, 0.15) is 0 Å². The summed E-state index contributed by atoms with van der Waals surface area (Å²) in [5.74, 6) is -1.76. The third-order valence-electron chi connectivity index (χ3n) is 5.33. The zero-order valence-electron chi connectivity index (χ0n) is 24.1. The van der Waals surface area contributed by atoms with Crippen molar-refractivity contribution in [2.75, 3.05) is 19.8 Å². The Morgan fingerprint density at radius 3 is 0.809 bits per heavy atom. The summed E-state index contributed by atoms with van der Waals surface area (Å²) < 4.78 is 0. The predicted molar refractivity (Wildman–Crippen MR) is 143 cm³/mol. The monoisotopic (exact) mass is 704 g/mol. The zero-order chi connectivity index (χ0) is 38.2. The molecule has 0 aliphatic heterocycles. The van der Waals surface area contributed by atoms with Crippen molar-refractivity contribution in [1.82, 2.24) is 0 Å². The van der Waals surface area contributed by atoms with Crippen molar-refractivity contribution in [2.45, 2.75) is 91.6 Å². The second-order valence-corrected chi connectivity index (χ2v) is 8.97. The van der Waals surface area contributed by atoms with Crippen molar-refractivity contribution in [3.05, 3.63) is 0 Å². The van der Waals surface area contributed by atoms with Crippen LogP contribution in [0.15, 0.2) is 0 Å². The molecule has 0 radical (unpaired) electrons. The molecule has 0 bridgehead atoms. The van der Waals surface area contributed by atoms with Crippen LogP contribution in [0, 0.1) is 0 Å². The number of hydrogen-bond donors (Lipinski definition) is 19. The Morgan fingerprint density at radius 2 is 0.596 bits per heavy atom. The van der Waals surface area contributed by atoms with Crippen molar-refractivity contribution in [3.63, 3.8) is 0 Å². The molecular weight excluding hydrogens is 660 g/mol. The minimum atomic E-state index is -2.25. The molecule has 280 valence electrons. The van der Waals surface area contributed by atoms with Gasteiger partial charge >= 0.3 is 5.97 Å². The van der Waals surface area contributed by atoms with Crippen LogP contribution in [0.4, 0.5) is 0 Å². The molecule has 24 nitrogen and oxygen atoms in total. The summed E-state index contributed by atoms with van der Waals surface area (Å²) in [6, 6.07) is 0. The lowest BCUT2D eigenvalue weighted by molar-refractivity contribution is -0.163. The van der Waals surface area contributed by atoms with Gasteiger partial charge in [0.1, 0.15) is 85.5 Å². The number of aliphatic carboxylic acids is 1. The Morgan fingerprint density at radius 1 is 0.383 bits per heavy atom. The van der Waals surface area contributed by atoms with Gasteiger partial charge in [-0.2, -0.15) is 0 Å². The Hall–Kier alpha value is -2.57. The van der Waals surface area contributed by atoms with E-state index in [0.29, 0.717) is 0 Å². The summed E-state index contributed by atoms with van der Waals surface area (Å²) >= 11 is 0. The largest absolute Gasteiger partial charge is 0.479 e. The summed E-state index contributed by atoms with van der Waals surface area (Å²) in [5, 5.41) is 164. The first-order chi connectivity index (χ1) is 21.6. The summed E-state index contributed by atoms with van der Waals surface area (Å²) in [4.78, 5) is 49.5. The van der Waals surface area contributed by atoms with Crippen LogP contribution in [-0.2, 0) is 24.0 Å². The fraction of sp³-hybridized carbons (Fsp3) is 0.783. The van der Waals surface area contributed by atoms with Crippen LogP contribution >= 0.6 is 0 Å². The van der Waals surface area contributed by atoms with E-state index in [0.717, 1.165) is 0 Å². The van der Waals surface area contributed by atoms with Gasteiger partial charge in [-0.05, 0) is 0 Å². The highest BCUT2D eigenvalue weighted by atomic mass is 16.4. The van der Waals surface area contributed by atoms with Gasteiger partial charge in [-0.15, -0.1) is 0 Å². The van der Waals surface area contributed by atoms with E-state index in [1.54, 1.807) is 0 Å². The highest BCUT2D eigenvalue weighted by Crippen LogP contribution is 2.05. The normalized spacial score (nSPS) is 20.5. The molecule has 19 N–H and O–H groups in total.